The fraction of sp³-hybridized carbons (Fsp3) is 0.421. The highest BCUT2D eigenvalue weighted by Gasteiger charge is 2.49. The van der Waals surface area contributed by atoms with Gasteiger partial charge in [0.05, 0.1) is 6.20 Å². The fourth-order valence-electron chi connectivity index (χ4n) is 4.01. The predicted octanol–water partition coefficient (Wildman–Crippen LogP) is 2.34. The maximum atomic E-state index is 12.6. The molecule has 2 aromatic heterocycles. The maximum Gasteiger partial charge on any atom is 0.272 e. The van der Waals surface area contributed by atoms with Crippen LogP contribution in [0.25, 0.3) is 0 Å². The third-order valence-corrected chi connectivity index (χ3v) is 5.96. The molecule has 1 atom stereocenters. The number of hydrogen-bond donors (Lipinski definition) is 1. The Morgan fingerprint density at radius 2 is 1.96 bits per heavy atom. The van der Waals surface area contributed by atoms with E-state index in [1.165, 1.54) is 12.4 Å². The van der Waals surface area contributed by atoms with Gasteiger partial charge in [0.15, 0.2) is 0 Å². The average Bonchev–Trinajstić information content (AvgIpc) is 2.71. The van der Waals surface area contributed by atoms with Gasteiger partial charge in [-0.2, -0.15) is 0 Å². The number of piperidine rings is 1. The van der Waals surface area contributed by atoms with E-state index >= 15 is 0 Å². The molecule has 1 unspecified atom stereocenters. The molecular weight excluding hydrogens is 366 g/mol. The van der Waals surface area contributed by atoms with Crippen LogP contribution < -0.4 is 5.32 Å². The number of nitrogens with one attached hydrogen (secondary N) is 1. The molecule has 1 spiro atoms. The zero-order chi connectivity index (χ0) is 18.9. The van der Waals surface area contributed by atoms with Crippen LogP contribution in [0.2, 0.25) is 5.15 Å². The molecule has 0 radical (unpaired) electrons. The Balaban J connectivity index is 1.37. The molecule has 7 nitrogen and oxygen atoms in total. The van der Waals surface area contributed by atoms with Crippen molar-refractivity contribution in [1.29, 1.82) is 0 Å². The van der Waals surface area contributed by atoms with Crippen molar-refractivity contribution >= 4 is 23.4 Å². The second-order valence-electron chi connectivity index (χ2n) is 7.16. The van der Waals surface area contributed by atoms with Crippen molar-refractivity contribution in [1.82, 2.24) is 25.2 Å². The van der Waals surface area contributed by atoms with Crippen LogP contribution in [0.4, 0.5) is 0 Å². The van der Waals surface area contributed by atoms with Crippen LogP contribution in [0.5, 0.6) is 0 Å². The number of carbonyl (C=O) groups excluding carboxylic acids is 2. The Hall–Kier alpha value is -2.54. The molecule has 27 heavy (non-hydrogen) atoms. The molecule has 2 aromatic rings. The van der Waals surface area contributed by atoms with Gasteiger partial charge in [-0.3, -0.25) is 14.6 Å². The number of pyridine rings is 1. The Morgan fingerprint density at radius 3 is 2.59 bits per heavy atom. The number of carbonyl (C=O) groups is 2. The molecule has 0 aromatic carbocycles. The van der Waals surface area contributed by atoms with Crippen molar-refractivity contribution in [2.24, 2.45) is 5.41 Å². The van der Waals surface area contributed by atoms with Crippen molar-refractivity contribution in [3.8, 4) is 0 Å². The van der Waals surface area contributed by atoms with Crippen molar-refractivity contribution in [2.45, 2.75) is 31.7 Å². The lowest BCUT2D eigenvalue weighted by atomic mass is 9.59. The number of rotatable bonds is 3. The van der Waals surface area contributed by atoms with Crippen molar-refractivity contribution < 1.29 is 9.59 Å². The Kier molecular flexibility index (Phi) is 4.78. The molecule has 8 heteroatoms. The Morgan fingerprint density at radius 1 is 1.15 bits per heavy atom. The van der Waals surface area contributed by atoms with Crippen LogP contribution in [0.15, 0.2) is 36.8 Å². The molecule has 1 N–H and O–H groups in total. The first kappa shape index (κ1) is 17.9. The molecule has 2 aliphatic rings. The summed E-state index contributed by atoms with van der Waals surface area (Å²) in [5, 5.41) is 3.42. The van der Waals surface area contributed by atoms with Crippen molar-refractivity contribution in [3.05, 3.63) is 53.3 Å². The van der Waals surface area contributed by atoms with Crippen LogP contribution >= 0.6 is 11.6 Å². The lowest BCUT2D eigenvalue weighted by Crippen LogP contribution is -2.59. The molecular formula is C19H20ClN5O2. The lowest BCUT2D eigenvalue weighted by molar-refractivity contribution is -0.00256. The van der Waals surface area contributed by atoms with E-state index in [1.54, 1.807) is 24.4 Å². The molecule has 1 saturated heterocycles. The van der Waals surface area contributed by atoms with E-state index < -0.39 is 0 Å². The largest absolute Gasteiger partial charge is 0.347 e. The van der Waals surface area contributed by atoms with Gasteiger partial charge in [0.25, 0.3) is 11.8 Å². The highest BCUT2D eigenvalue weighted by Crippen LogP contribution is 2.49. The summed E-state index contributed by atoms with van der Waals surface area (Å²) in [6, 6.07) is 5.19. The van der Waals surface area contributed by atoms with E-state index in [4.69, 9.17) is 11.6 Å². The quantitative estimate of drug-likeness (QED) is 0.819. The molecule has 2 amide bonds. The molecule has 140 valence electrons. The van der Waals surface area contributed by atoms with Crippen LogP contribution in [0.3, 0.4) is 0 Å². The van der Waals surface area contributed by atoms with E-state index in [0.29, 0.717) is 29.6 Å². The number of halogens is 1. The standard InChI is InChI=1S/C19H20ClN5O2/c20-16-3-1-2-13(23-16)18(27)25-10-6-19(7-11-25)5-4-15(19)24-17(26)14-12-21-8-9-22-14/h1-3,8-9,12,15H,4-7,10-11H2,(H,24,26). The van der Waals surface area contributed by atoms with Gasteiger partial charge in [-0.15, -0.1) is 0 Å². The van der Waals surface area contributed by atoms with E-state index in [-0.39, 0.29) is 23.3 Å². The Bertz CT molecular complexity index is 852. The first-order valence-corrected chi connectivity index (χ1v) is 9.44. The van der Waals surface area contributed by atoms with Gasteiger partial charge in [-0.1, -0.05) is 17.7 Å². The topological polar surface area (TPSA) is 88.1 Å². The number of likely N-dealkylation sites (tertiary alicyclic amines) is 1. The highest BCUT2D eigenvalue weighted by atomic mass is 35.5. The summed E-state index contributed by atoms with van der Waals surface area (Å²) in [6.07, 6.45) is 8.28. The van der Waals surface area contributed by atoms with Crippen LogP contribution in [0.1, 0.15) is 46.7 Å². The van der Waals surface area contributed by atoms with E-state index in [1.807, 2.05) is 4.90 Å². The first-order chi connectivity index (χ1) is 13.1. The normalized spacial score (nSPS) is 20.8. The molecule has 1 aliphatic heterocycles. The van der Waals surface area contributed by atoms with Crippen molar-refractivity contribution in [2.75, 3.05) is 13.1 Å². The summed E-state index contributed by atoms with van der Waals surface area (Å²) in [5.41, 5.74) is 0.773. The zero-order valence-corrected chi connectivity index (χ0v) is 15.5. The molecule has 0 bridgehead atoms. The summed E-state index contributed by atoms with van der Waals surface area (Å²) in [4.78, 5) is 38.9. The summed E-state index contributed by atoms with van der Waals surface area (Å²) < 4.78 is 0. The van der Waals surface area contributed by atoms with Gasteiger partial charge >= 0.3 is 0 Å². The molecule has 1 aliphatic carbocycles. The van der Waals surface area contributed by atoms with Gasteiger partial charge in [-0.25, -0.2) is 9.97 Å². The van der Waals surface area contributed by atoms with Crippen LogP contribution in [-0.2, 0) is 0 Å². The van der Waals surface area contributed by atoms with Crippen LogP contribution in [0, 0.1) is 5.41 Å². The van der Waals surface area contributed by atoms with Crippen molar-refractivity contribution in [3.63, 3.8) is 0 Å². The second-order valence-corrected chi connectivity index (χ2v) is 7.54. The number of amides is 2. The summed E-state index contributed by atoms with van der Waals surface area (Å²) in [7, 11) is 0. The lowest BCUT2D eigenvalue weighted by Gasteiger charge is -2.54. The second kappa shape index (κ2) is 7.23. The average molecular weight is 386 g/mol. The fourth-order valence-corrected chi connectivity index (χ4v) is 4.18. The van der Waals surface area contributed by atoms with Gasteiger partial charge < -0.3 is 10.2 Å². The Labute approximate surface area is 162 Å². The molecule has 1 saturated carbocycles. The molecule has 3 heterocycles. The summed E-state index contributed by atoms with van der Waals surface area (Å²) in [5.74, 6) is -0.277. The third-order valence-electron chi connectivity index (χ3n) is 5.75. The smallest absolute Gasteiger partial charge is 0.272 e. The number of nitrogens with zero attached hydrogens (tertiary/aromatic N) is 4. The minimum absolute atomic E-state index is 0.0659. The third kappa shape index (κ3) is 3.51. The van der Waals surface area contributed by atoms with E-state index in [2.05, 4.69) is 20.3 Å². The SMILES string of the molecule is O=C(NC1CCC12CCN(C(=O)c1cccc(Cl)n1)CC2)c1cnccn1. The van der Waals surface area contributed by atoms with Gasteiger partial charge in [0.1, 0.15) is 16.5 Å². The van der Waals surface area contributed by atoms with E-state index in [0.717, 1.165) is 25.7 Å². The predicted molar refractivity (Wildman–Crippen MR) is 99.3 cm³/mol. The van der Waals surface area contributed by atoms with Gasteiger partial charge in [0, 0.05) is 31.5 Å². The number of hydrogen-bond acceptors (Lipinski definition) is 5. The maximum absolute atomic E-state index is 12.6. The summed E-state index contributed by atoms with van der Waals surface area (Å²) in [6.45, 7) is 1.31. The minimum Gasteiger partial charge on any atom is -0.347 e. The molecule has 4 rings (SSSR count). The van der Waals surface area contributed by atoms with Gasteiger partial charge in [-0.05, 0) is 43.2 Å². The van der Waals surface area contributed by atoms with Gasteiger partial charge in [0.2, 0.25) is 0 Å². The molecule has 2 fully saturated rings. The highest BCUT2D eigenvalue weighted by molar-refractivity contribution is 6.29. The summed E-state index contributed by atoms with van der Waals surface area (Å²) >= 11 is 5.89. The monoisotopic (exact) mass is 385 g/mol. The number of aromatic nitrogens is 3. The van der Waals surface area contributed by atoms with Crippen LogP contribution in [-0.4, -0.2) is 50.8 Å². The van der Waals surface area contributed by atoms with E-state index in [9.17, 15) is 9.59 Å². The first-order valence-electron chi connectivity index (χ1n) is 9.06. The minimum atomic E-state index is -0.186. The zero-order valence-electron chi connectivity index (χ0n) is 14.8.